The van der Waals surface area contributed by atoms with Gasteiger partial charge in [0.25, 0.3) is 0 Å². The highest BCUT2D eigenvalue weighted by atomic mass is 16.5. The highest BCUT2D eigenvalue weighted by molar-refractivity contribution is 5.91. The fraction of sp³-hybridized carbons (Fsp3) is 0.409. The molecule has 2 aromatic heterocycles. The van der Waals surface area contributed by atoms with Crippen molar-refractivity contribution in [3.8, 4) is 11.3 Å². The van der Waals surface area contributed by atoms with Gasteiger partial charge in [-0.15, -0.1) is 0 Å². The zero-order valence-electron chi connectivity index (χ0n) is 17.2. The maximum absolute atomic E-state index is 6.01. The number of aromatic amines is 1. The number of fused-ring (bicyclic) bond motifs is 1. The molecule has 0 bridgehead atoms. The molecule has 4 N–H and O–H groups in total. The molecule has 150 valence electrons. The molecule has 28 heavy (non-hydrogen) atoms. The van der Waals surface area contributed by atoms with E-state index in [1.165, 1.54) is 10.9 Å². The molecule has 0 radical (unpaired) electrons. The van der Waals surface area contributed by atoms with E-state index in [2.05, 4.69) is 65.3 Å². The van der Waals surface area contributed by atoms with Crippen LogP contribution in [0.3, 0.4) is 0 Å². The number of H-pyrrole nitrogens is 1. The number of hydrogen-bond donors (Lipinski definition) is 3. The third kappa shape index (κ3) is 4.82. The predicted octanol–water partition coefficient (Wildman–Crippen LogP) is 4.10. The second-order valence-corrected chi connectivity index (χ2v) is 7.48. The van der Waals surface area contributed by atoms with Crippen LogP contribution in [-0.4, -0.2) is 48.2 Å². The molecule has 0 atom stereocenters. The van der Waals surface area contributed by atoms with Crippen molar-refractivity contribution in [2.24, 2.45) is 0 Å². The van der Waals surface area contributed by atoms with E-state index in [-0.39, 0.29) is 0 Å². The van der Waals surface area contributed by atoms with Crippen LogP contribution in [0.5, 0.6) is 0 Å². The van der Waals surface area contributed by atoms with E-state index < -0.39 is 0 Å². The Hall–Kier alpha value is -2.57. The Morgan fingerprint density at radius 3 is 2.82 bits per heavy atom. The van der Waals surface area contributed by atoms with Gasteiger partial charge < -0.3 is 25.7 Å². The molecule has 6 nitrogen and oxygen atoms in total. The first-order valence-corrected chi connectivity index (χ1v) is 9.82. The first-order valence-electron chi connectivity index (χ1n) is 9.82. The Balaban J connectivity index is 1.72. The molecule has 0 saturated carbocycles. The van der Waals surface area contributed by atoms with Crippen LogP contribution >= 0.6 is 0 Å². The van der Waals surface area contributed by atoms with Crippen LogP contribution in [0.15, 0.2) is 36.5 Å². The lowest BCUT2D eigenvalue weighted by Crippen LogP contribution is -2.20. The molecule has 3 aromatic rings. The van der Waals surface area contributed by atoms with Gasteiger partial charge in [-0.25, -0.2) is 4.98 Å². The summed E-state index contributed by atoms with van der Waals surface area (Å²) in [6.45, 7) is 6.89. The summed E-state index contributed by atoms with van der Waals surface area (Å²) in [5.74, 6) is 0.502. The summed E-state index contributed by atoms with van der Waals surface area (Å²) in [5.41, 5.74) is 11.3. The number of nitrogen functional groups attached to an aromatic ring is 1. The van der Waals surface area contributed by atoms with E-state index in [1.54, 1.807) is 6.20 Å². The number of hydrogen-bond acceptors (Lipinski definition) is 5. The molecule has 0 aliphatic rings. The van der Waals surface area contributed by atoms with Gasteiger partial charge in [0.05, 0.1) is 11.8 Å². The molecule has 2 heterocycles. The number of nitrogens with zero attached hydrogens (tertiary/aromatic N) is 2. The molecule has 0 unspecified atom stereocenters. The van der Waals surface area contributed by atoms with Crippen LogP contribution in [0, 0.1) is 0 Å². The number of benzene rings is 1. The monoisotopic (exact) mass is 381 g/mol. The van der Waals surface area contributed by atoms with Crippen molar-refractivity contribution in [3.05, 3.63) is 42.1 Å². The Morgan fingerprint density at radius 2 is 2.07 bits per heavy atom. The number of rotatable bonds is 9. The molecule has 3 rings (SSSR count). The number of nitrogens with two attached hydrogens (primary N) is 1. The normalized spacial score (nSPS) is 11.6. The highest BCUT2D eigenvalue weighted by Gasteiger charge is 2.11. The minimum absolute atomic E-state index is 0.301. The van der Waals surface area contributed by atoms with Gasteiger partial charge >= 0.3 is 0 Å². The number of aromatic nitrogens is 2. The SMILES string of the molecule is CNc1c(-c2cc3cc(CN(C)CCCOC(C)C)ccc3[nH]2)ccnc1N. The Morgan fingerprint density at radius 1 is 1.25 bits per heavy atom. The van der Waals surface area contributed by atoms with Crippen LogP contribution < -0.4 is 11.1 Å². The fourth-order valence-corrected chi connectivity index (χ4v) is 3.43. The molecule has 0 aliphatic heterocycles. The third-order valence-corrected chi connectivity index (χ3v) is 4.79. The zero-order valence-corrected chi connectivity index (χ0v) is 17.2. The number of pyridine rings is 1. The van der Waals surface area contributed by atoms with Gasteiger partial charge in [0.15, 0.2) is 0 Å². The van der Waals surface area contributed by atoms with E-state index >= 15 is 0 Å². The molecule has 0 amide bonds. The van der Waals surface area contributed by atoms with Crippen molar-refractivity contribution in [3.63, 3.8) is 0 Å². The minimum Gasteiger partial charge on any atom is -0.385 e. The maximum atomic E-state index is 6.01. The van der Waals surface area contributed by atoms with Gasteiger partial charge in [-0.1, -0.05) is 6.07 Å². The van der Waals surface area contributed by atoms with Crippen molar-refractivity contribution in [1.82, 2.24) is 14.9 Å². The molecular formula is C22H31N5O. The zero-order chi connectivity index (χ0) is 20.1. The molecule has 0 fully saturated rings. The quantitative estimate of drug-likeness (QED) is 0.486. The average Bonchev–Trinajstić information content (AvgIpc) is 3.08. The van der Waals surface area contributed by atoms with Gasteiger partial charge in [-0.3, -0.25) is 0 Å². The summed E-state index contributed by atoms with van der Waals surface area (Å²) in [7, 11) is 4.01. The summed E-state index contributed by atoms with van der Waals surface area (Å²) in [6.07, 6.45) is 3.08. The maximum Gasteiger partial charge on any atom is 0.147 e. The van der Waals surface area contributed by atoms with Crippen LogP contribution in [0.1, 0.15) is 25.8 Å². The van der Waals surface area contributed by atoms with Crippen LogP contribution in [0.4, 0.5) is 11.5 Å². The summed E-state index contributed by atoms with van der Waals surface area (Å²) in [5, 5.41) is 4.35. The molecule has 6 heteroatoms. The molecular weight excluding hydrogens is 350 g/mol. The Bertz CT molecular complexity index is 918. The van der Waals surface area contributed by atoms with E-state index in [4.69, 9.17) is 10.5 Å². The largest absolute Gasteiger partial charge is 0.385 e. The minimum atomic E-state index is 0.301. The molecule has 0 spiro atoms. The number of anilines is 2. The number of nitrogens with one attached hydrogen (secondary N) is 2. The summed E-state index contributed by atoms with van der Waals surface area (Å²) < 4.78 is 5.62. The molecule has 0 saturated heterocycles. The average molecular weight is 382 g/mol. The molecule has 0 aliphatic carbocycles. The summed E-state index contributed by atoms with van der Waals surface area (Å²) >= 11 is 0. The van der Waals surface area contributed by atoms with Gasteiger partial charge in [-0.2, -0.15) is 0 Å². The van der Waals surface area contributed by atoms with Crippen LogP contribution in [0.25, 0.3) is 22.2 Å². The van der Waals surface area contributed by atoms with Gasteiger partial charge in [0, 0.05) is 55.1 Å². The summed E-state index contributed by atoms with van der Waals surface area (Å²) in [6, 6.07) is 10.7. The van der Waals surface area contributed by atoms with Crippen molar-refractivity contribution < 1.29 is 4.74 Å². The lowest BCUT2D eigenvalue weighted by Gasteiger charge is -2.17. The van der Waals surface area contributed by atoms with Crippen LogP contribution in [-0.2, 0) is 11.3 Å². The van der Waals surface area contributed by atoms with Crippen LogP contribution in [0.2, 0.25) is 0 Å². The highest BCUT2D eigenvalue weighted by Crippen LogP contribution is 2.32. The third-order valence-electron chi connectivity index (χ3n) is 4.79. The second-order valence-electron chi connectivity index (χ2n) is 7.48. The Kier molecular flexibility index (Phi) is 6.54. The lowest BCUT2D eigenvalue weighted by molar-refractivity contribution is 0.0717. The summed E-state index contributed by atoms with van der Waals surface area (Å²) in [4.78, 5) is 9.99. The smallest absolute Gasteiger partial charge is 0.147 e. The van der Waals surface area contributed by atoms with E-state index in [1.807, 2.05) is 13.1 Å². The second kappa shape index (κ2) is 9.08. The fourth-order valence-electron chi connectivity index (χ4n) is 3.43. The Labute approximate surface area is 167 Å². The van der Waals surface area contributed by atoms with Gasteiger partial charge in [0.2, 0.25) is 0 Å². The predicted molar refractivity (Wildman–Crippen MR) is 118 cm³/mol. The van der Waals surface area contributed by atoms with Crippen molar-refractivity contribution in [2.45, 2.75) is 32.9 Å². The number of ether oxygens (including phenoxy) is 1. The van der Waals surface area contributed by atoms with E-state index in [9.17, 15) is 0 Å². The van der Waals surface area contributed by atoms with Gasteiger partial charge in [-0.05, 0) is 57.1 Å². The van der Waals surface area contributed by atoms with Gasteiger partial charge in [0.1, 0.15) is 5.82 Å². The van der Waals surface area contributed by atoms with Crippen molar-refractivity contribution >= 4 is 22.4 Å². The van der Waals surface area contributed by atoms with E-state index in [0.717, 1.165) is 48.6 Å². The first kappa shape index (κ1) is 20.2. The topological polar surface area (TPSA) is 79.2 Å². The lowest BCUT2D eigenvalue weighted by atomic mass is 10.1. The molecule has 1 aromatic carbocycles. The van der Waals surface area contributed by atoms with Crippen molar-refractivity contribution in [1.29, 1.82) is 0 Å². The standard InChI is InChI=1S/C22H31N5O/c1-15(2)28-11-5-10-27(4)14-16-6-7-19-17(12-16)13-20(26-19)18-8-9-25-22(23)21(18)24-3/h6-9,12-13,15,24,26H,5,10-11,14H2,1-4H3,(H2,23,25). The first-order chi connectivity index (χ1) is 13.5. The van der Waals surface area contributed by atoms with Crippen molar-refractivity contribution in [2.75, 3.05) is 38.3 Å². The van der Waals surface area contributed by atoms with E-state index in [0.29, 0.717) is 11.9 Å².